The highest BCUT2D eigenvalue weighted by atomic mass is 32.1. The first-order valence-corrected chi connectivity index (χ1v) is 6.81. The molecule has 2 heterocycles. The molecule has 1 aromatic carbocycles. The van der Waals surface area contributed by atoms with Crippen molar-refractivity contribution in [2.45, 2.75) is 0 Å². The first kappa shape index (κ1) is 12.7. The van der Waals surface area contributed by atoms with Crippen molar-refractivity contribution < 1.29 is 14.6 Å². The number of hydrogen-bond acceptors (Lipinski definition) is 4. The summed E-state index contributed by atoms with van der Waals surface area (Å²) < 4.78 is 7.26. The number of thiophene rings is 1. The quantitative estimate of drug-likeness (QED) is 0.804. The third-order valence-electron chi connectivity index (χ3n) is 3.18. The summed E-state index contributed by atoms with van der Waals surface area (Å²) >= 11 is 1.54. The van der Waals surface area contributed by atoms with E-state index >= 15 is 0 Å². The number of carboxylic acid groups (broad SMARTS) is 1. The van der Waals surface area contributed by atoms with Crippen molar-refractivity contribution in [1.82, 2.24) is 9.55 Å². The molecule has 0 atom stereocenters. The van der Waals surface area contributed by atoms with Crippen molar-refractivity contribution >= 4 is 28.3 Å². The van der Waals surface area contributed by atoms with Crippen molar-refractivity contribution in [2.75, 3.05) is 7.11 Å². The summed E-state index contributed by atoms with van der Waals surface area (Å²) in [7, 11) is 3.53. The van der Waals surface area contributed by atoms with Crippen LogP contribution in [0.4, 0.5) is 0 Å². The van der Waals surface area contributed by atoms with Gasteiger partial charge in [-0.3, -0.25) is 0 Å². The second-order valence-corrected chi connectivity index (χ2v) is 5.24. The van der Waals surface area contributed by atoms with Gasteiger partial charge < -0.3 is 14.4 Å². The van der Waals surface area contributed by atoms with E-state index < -0.39 is 5.97 Å². The zero-order valence-electron chi connectivity index (χ0n) is 11.0. The summed E-state index contributed by atoms with van der Waals surface area (Å²) in [5, 5.41) is 11.0. The van der Waals surface area contributed by atoms with E-state index in [9.17, 15) is 4.79 Å². The molecule has 20 heavy (non-hydrogen) atoms. The van der Waals surface area contributed by atoms with Crippen LogP contribution in [0.25, 0.3) is 21.7 Å². The summed E-state index contributed by atoms with van der Waals surface area (Å²) in [5.74, 6) is 0.592. The number of ether oxygens (including phenoxy) is 1. The van der Waals surface area contributed by atoms with Crippen LogP contribution in [0, 0.1) is 0 Å². The van der Waals surface area contributed by atoms with Crippen molar-refractivity contribution in [2.24, 2.45) is 7.05 Å². The van der Waals surface area contributed by atoms with Gasteiger partial charge in [0.15, 0.2) is 5.82 Å². The topological polar surface area (TPSA) is 64.3 Å². The number of fused-ring (bicyclic) bond motifs is 1. The Kier molecular flexibility index (Phi) is 2.94. The van der Waals surface area contributed by atoms with Crippen molar-refractivity contribution in [3.63, 3.8) is 0 Å². The van der Waals surface area contributed by atoms with E-state index in [1.165, 1.54) is 0 Å². The summed E-state index contributed by atoms with van der Waals surface area (Å²) in [5.41, 5.74) is 1.79. The molecule has 0 bridgehead atoms. The third kappa shape index (κ3) is 1.85. The minimum absolute atomic E-state index is 0.236. The normalized spacial score (nSPS) is 10.9. The fourth-order valence-corrected chi connectivity index (χ4v) is 3.04. The van der Waals surface area contributed by atoms with Crippen LogP contribution in [0.1, 0.15) is 10.4 Å². The van der Waals surface area contributed by atoms with Gasteiger partial charge in [-0.05, 0) is 29.6 Å². The van der Waals surface area contributed by atoms with Gasteiger partial charge in [-0.2, -0.15) is 0 Å². The number of benzene rings is 1. The Hall–Kier alpha value is -2.34. The van der Waals surface area contributed by atoms with Gasteiger partial charge in [0.05, 0.1) is 23.7 Å². The van der Waals surface area contributed by atoms with E-state index in [1.807, 2.05) is 23.1 Å². The molecular weight excluding hydrogens is 276 g/mol. The highest BCUT2D eigenvalue weighted by Gasteiger charge is 2.16. The lowest BCUT2D eigenvalue weighted by molar-refractivity contribution is 0.0697. The predicted octanol–water partition coefficient (Wildman–Crippen LogP) is 3.01. The first-order valence-electron chi connectivity index (χ1n) is 5.93. The van der Waals surface area contributed by atoms with Crippen LogP contribution in [0.5, 0.6) is 5.75 Å². The van der Waals surface area contributed by atoms with E-state index in [-0.39, 0.29) is 5.56 Å². The maximum absolute atomic E-state index is 11.0. The molecule has 5 nitrogen and oxygen atoms in total. The smallest absolute Gasteiger partial charge is 0.335 e. The second-order valence-electron chi connectivity index (χ2n) is 4.32. The maximum atomic E-state index is 11.0. The number of methoxy groups -OCH3 is 1. The Morgan fingerprint density at radius 3 is 2.90 bits per heavy atom. The van der Waals surface area contributed by atoms with Crippen molar-refractivity contribution in [3.05, 3.63) is 35.2 Å². The van der Waals surface area contributed by atoms with Crippen LogP contribution >= 0.6 is 11.3 Å². The SMILES string of the molecule is COc1ccsc1-c1nc2cc(C(=O)O)ccc2n1C. The summed E-state index contributed by atoms with van der Waals surface area (Å²) in [4.78, 5) is 16.5. The molecule has 1 N–H and O–H groups in total. The van der Waals surface area contributed by atoms with Crippen LogP contribution in [-0.4, -0.2) is 27.7 Å². The van der Waals surface area contributed by atoms with Gasteiger partial charge in [0.25, 0.3) is 0 Å². The molecule has 0 aliphatic rings. The summed E-state index contributed by atoms with van der Waals surface area (Å²) in [6.07, 6.45) is 0. The van der Waals surface area contributed by atoms with E-state index in [4.69, 9.17) is 9.84 Å². The minimum Gasteiger partial charge on any atom is -0.495 e. The lowest BCUT2D eigenvalue weighted by Gasteiger charge is -2.02. The van der Waals surface area contributed by atoms with Gasteiger partial charge in [0, 0.05) is 7.05 Å². The molecule has 0 aliphatic heterocycles. The van der Waals surface area contributed by atoms with Gasteiger partial charge in [0.1, 0.15) is 10.6 Å². The van der Waals surface area contributed by atoms with E-state index in [1.54, 1.807) is 36.6 Å². The van der Waals surface area contributed by atoms with Crippen molar-refractivity contribution in [1.29, 1.82) is 0 Å². The van der Waals surface area contributed by atoms with E-state index in [2.05, 4.69) is 4.98 Å². The monoisotopic (exact) mass is 288 g/mol. The fraction of sp³-hybridized carbons (Fsp3) is 0.143. The first-order chi connectivity index (χ1) is 9.61. The van der Waals surface area contributed by atoms with Crippen LogP contribution in [-0.2, 0) is 7.05 Å². The second kappa shape index (κ2) is 4.64. The Morgan fingerprint density at radius 2 is 2.20 bits per heavy atom. The maximum Gasteiger partial charge on any atom is 0.335 e. The average molecular weight is 288 g/mol. The average Bonchev–Trinajstić information content (AvgIpc) is 3.02. The highest BCUT2D eigenvalue weighted by molar-refractivity contribution is 7.13. The minimum atomic E-state index is -0.951. The van der Waals surface area contributed by atoms with Gasteiger partial charge in [0.2, 0.25) is 0 Å². The predicted molar refractivity (Wildman–Crippen MR) is 77.5 cm³/mol. The molecule has 6 heteroatoms. The van der Waals surface area contributed by atoms with Crippen LogP contribution in [0.2, 0.25) is 0 Å². The molecule has 0 unspecified atom stereocenters. The largest absolute Gasteiger partial charge is 0.495 e. The number of aromatic carboxylic acids is 1. The molecule has 102 valence electrons. The van der Waals surface area contributed by atoms with Gasteiger partial charge in [-0.25, -0.2) is 9.78 Å². The number of carboxylic acids is 1. The molecule has 0 fully saturated rings. The number of imidazole rings is 1. The molecule has 0 amide bonds. The molecule has 0 radical (unpaired) electrons. The van der Waals surface area contributed by atoms with Crippen LogP contribution < -0.4 is 4.74 Å². The number of aromatic nitrogens is 2. The molecule has 0 saturated heterocycles. The Labute approximate surface area is 119 Å². The molecule has 3 rings (SSSR count). The molecule has 2 aromatic heterocycles. The molecule has 0 spiro atoms. The standard InChI is InChI=1S/C14H12N2O3S/c1-16-10-4-3-8(14(17)18)7-9(10)15-13(16)12-11(19-2)5-6-20-12/h3-7H,1-2H3,(H,17,18). The molecule has 0 aliphatic carbocycles. The van der Waals surface area contributed by atoms with Crippen LogP contribution in [0.15, 0.2) is 29.6 Å². The molecular formula is C14H12N2O3S. The number of rotatable bonds is 3. The van der Waals surface area contributed by atoms with Gasteiger partial charge >= 0.3 is 5.97 Å². The summed E-state index contributed by atoms with van der Waals surface area (Å²) in [6.45, 7) is 0. The van der Waals surface area contributed by atoms with E-state index in [0.29, 0.717) is 5.52 Å². The zero-order valence-corrected chi connectivity index (χ0v) is 11.8. The number of hydrogen-bond donors (Lipinski definition) is 1. The third-order valence-corrected chi connectivity index (χ3v) is 4.07. The Bertz CT molecular complexity index is 804. The van der Waals surface area contributed by atoms with E-state index in [0.717, 1.165) is 22.0 Å². The molecule has 0 saturated carbocycles. The number of carbonyl (C=O) groups is 1. The Morgan fingerprint density at radius 1 is 1.40 bits per heavy atom. The van der Waals surface area contributed by atoms with Crippen LogP contribution in [0.3, 0.4) is 0 Å². The lowest BCUT2D eigenvalue weighted by Crippen LogP contribution is -1.95. The summed E-state index contributed by atoms with van der Waals surface area (Å²) in [6, 6.07) is 6.83. The molecule has 3 aromatic rings. The van der Waals surface area contributed by atoms with Crippen molar-refractivity contribution in [3.8, 4) is 16.5 Å². The number of nitrogens with zero attached hydrogens (tertiary/aromatic N) is 2. The van der Waals surface area contributed by atoms with Gasteiger partial charge in [-0.1, -0.05) is 0 Å². The number of aryl methyl sites for hydroxylation is 1. The zero-order chi connectivity index (χ0) is 14.3. The van der Waals surface area contributed by atoms with Gasteiger partial charge in [-0.15, -0.1) is 11.3 Å². The fourth-order valence-electron chi connectivity index (χ4n) is 2.16. The lowest BCUT2D eigenvalue weighted by atomic mass is 10.2. The Balaban J connectivity index is 2.22. The highest BCUT2D eigenvalue weighted by Crippen LogP contribution is 2.36.